The van der Waals surface area contributed by atoms with Crippen molar-refractivity contribution in [1.82, 2.24) is 0 Å². The normalized spacial score (nSPS) is 12.9. The third-order valence-electron chi connectivity index (χ3n) is 4.83. The van der Waals surface area contributed by atoms with Gasteiger partial charge >= 0.3 is 6.03 Å². The minimum atomic E-state index is -0.369. The number of urea groups is 1. The number of benzene rings is 2. The van der Waals surface area contributed by atoms with Gasteiger partial charge in [-0.2, -0.15) is 0 Å². The second kappa shape index (κ2) is 8.86. The summed E-state index contributed by atoms with van der Waals surface area (Å²) in [4.78, 5) is 26.7. The summed E-state index contributed by atoms with van der Waals surface area (Å²) < 4.78 is 10.4. The lowest BCUT2D eigenvalue weighted by atomic mass is 9.99. The van der Waals surface area contributed by atoms with E-state index in [-0.39, 0.29) is 17.9 Å². The largest absolute Gasteiger partial charge is 0.497 e. The van der Waals surface area contributed by atoms with E-state index in [1.807, 2.05) is 36.9 Å². The van der Waals surface area contributed by atoms with Crippen molar-refractivity contribution in [2.45, 2.75) is 26.7 Å². The highest BCUT2D eigenvalue weighted by Crippen LogP contribution is 2.31. The fourth-order valence-electron chi connectivity index (χ4n) is 3.39. The lowest BCUT2D eigenvalue weighted by Gasteiger charge is -2.31. The Kier molecular flexibility index (Phi) is 6.26. The summed E-state index contributed by atoms with van der Waals surface area (Å²) in [5, 5.41) is 5.63. The topological polar surface area (TPSA) is 79.9 Å². The van der Waals surface area contributed by atoms with E-state index in [1.165, 1.54) is 0 Å². The molecule has 2 aromatic carbocycles. The average molecular weight is 397 g/mol. The van der Waals surface area contributed by atoms with Crippen LogP contribution in [-0.2, 0) is 11.2 Å². The molecule has 2 N–H and O–H groups in total. The first-order chi connectivity index (χ1) is 13.9. The summed E-state index contributed by atoms with van der Waals surface area (Å²) in [5.74, 6) is 1.24. The molecule has 0 saturated carbocycles. The summed E-state index contributed by atoms with van der Waals surface area (Å²) in [6, 6.07) is 10.4. The van der Waals surface area contributed by atoms with Crippen LogP contribution >= 0.6 is 0 Å². The number of ether oxygens (including phenoxy) is 2. The van der Waals surface area contributed by atoms with Crippen molar-refractivity contribution >= 4 is 29.0 Å². The van der Waals surface area contributed by atoms with E-state index in [0.29, 0.717) is 22.9 Å². The molecule has 3 amide bonds. The zero-order valence-corrected chi connectivity index (χ0v) is 17.2. The van der Waals surface area contributed by atoms with E-state index in [1.54, 1.807) is 32.4 Å². The molecule has 1 heterocycles. The van der Waals surface area contributed by atoms with Crippen LogP contribution in [0.25, 0.3) is 0 Å². The molecule has 154 valence electrons. The van der Waals surface area contributed by atoms with Crippen LogP contribution in [-0.4, -0.2) is 32.7 Å². The molecule has 0 atom stereocenters. The molecule has 0 saturated heterocycles. The highest BCUT2D eigenvalue weighted by molar-refractivity contribution is 6.01. The Labute approximate surface area is 171 Å². The molecule has 3 rings (SSSR count). The first-order valence-electron chi connectivity index (χ1n) is 9.66. The summed E-state index contributed by atoms with van der Waals surface area (Å²) in [7, 11) is 3.11. The van der Waals surface area contributed by atoms with Crippen molar-refractivity contribution < 1.29 is 19.1 Å². The summed E-state index contributed by atoms with van der Waals surface area (Å²) in [6.45, 7) is 4.55. The van der Waals surface area contributed by atoms with Gasteiger partial charge in [-0.25, -0.2) is 4.79 Å². The zero-order valence-electron chi connectivity index (χ0n) is 17.2. The van der Waals surface area contributed by atoms with E-state index >= 15 is 0 Å². The predicted octanol–water partition coefficient (Wildman–Crippen LogP) is 4.28. The highest BCUT2D eigenvalue weighted by Gasteiger charge is 2.24. The van der Waals surface area contributed by atoms with E-state index in [0.717, 1.165) is 30.6 Å². The molecular weight excluding hydrogens is 370 g/mol. The Morgan fingerprint density at radius 1 is 0.966 bits per heavy atom. The van der Waals surface area contributed by atoms with Crippen LogP contribution in [0.2, 0.25) is 0 Å². The van der Waals surface area contributed by atoms with Crippen molar-refractivity contribution in [3.05, 3.63) is 42.0 Å². The molecule has 2 aromatic rings. The van der Waals surface area contributed by atoms with Crippen molar-refractivity contribution in [1.29, 1.82) is 0 Å². The van der Waals surface area contributed by atoms with Crippen LogP contribution in [0.3, 0.4) is 0 Å². The molecule has 0 fully saturated rings. The molecule has 0 spiro atoms. The van der Waals surface area contributed by atoms with E-state index < -0.39 is 0 Å². The van der Waals surface area contributed by atoms with Gasteiger partial charge in [0.1, 0.15) is 11.5 Å². The second-order valence-electron chi connectivity index (χ2n) is 7.27. The number of methoxy groups -OCH3 is 2. The molecule has 0 aromatic heterocycles. The van der Waals surface area contributed by atoms with E-state index in [2.05, 4.69) is 10.6 Å². The molecular formula is C22H27N3O4. The monoisotopic (exact) mass is 397 g/mol. The number of rotatable bonds is 5. The Balaban J connectivity index is 1.73. The van der Waals surface area contributed by atoms with Gasteiger partial charge in [-0.1, -0.05) is 13.8 Å². The maximum absolute atomic E-state index is 12.5. The molecule has 1 aliphatic rings. The highest BCUT2D eigenvalue weighted by atomic mass is 16.5. The quantitative estimate of drug-likeness (QED) is 0.789. The fourth-order valence-corrected chi connectivity index (χ4v) is 3.39. The second-order valence-corrected chi connectivity index (χ2v) is 7.27. The Hall–Kier alpha value is -3.22. The smallest absolute Gasteiger partial charge is 0.323 e. The number of hydrogen-bond donors (Lipinski definition) is 2. The van der Waals surface area contributed by atoms with Crippen LogP contribution in [0.5, 0.6) is 11.5 Å². The van der Waals surface area contributed by atoms with E-state index in [4.69, 9.17) is 9.47 Å². The van der Waals surface area contributed by atoms with Crippen LogP contribution in [0.1, 0.15) is 25.8 Å². The molecule has 29 heavy (non-hydrogen) atoms. The Morgan fingerprint density at radius 2 is 1.62 bits per heavy atom. The molecule has 0 bridgehead atoms. The van der Waals surface area contributed by atoms with Crippen molar-refractivity contribution in [2.24, 2.45) is 5.92 Å². The van der Waals surface area contributed by atoms with Crippen molar-refractivity contribution in [2.75, 3.05) is 36.3 Å². The zero-order chi connectivity index (χ0) is 21.0. The van der Waals surface area contributed by atoms with Crippen LogP contribution in [0, 0.1) is 5.92 Å². The van der Waals surface area contributed by atoms with Gasteiger partial charge in [0.2, 0.25) is 5.91 Å². The number of aryl methyl sites for hydroxylation is 1. The SMILES string of the molecule is COc1cc(NC(=O)Nc2ccc3c(c2)CCCN3C(=O)C(C)C)cc(OC)c1. The maximum atomic E-state index is 12.5. The lowest BCUT2D eigenvalue weighted by Crippen LogP contribution is -2.38. The van der Waals surface area contributed by atoms with Gasteiger partial charge in [-0.05, 0) is 36.6 Å². The molecule has 1 aliphatic heterocycles. The predicted molar refractivity (Wildman–Crippen MR) is 114 cm³/mol. The van der Waals surface area contributed by atoms with Crippen LogP contribution in [0.4, 0.5) is 21.9 Å². The molecule has 7 heteroatoms. The third-order valence-corrected chi connectivity index (χ3v) is 4.83. The number of nitrogens with one attached hydrogen (secondary N) is 2. The Morgan fingerprint density at radius 3 is 2.24 bits per heavy atom. The van der Waals surface area contributed by atoms with Gasteiger partial charge in [0.15, 0.2) is 0 Å². The van der Waals surface area contributed by atoms with Gasteiger partial charge in [-0.3, -0.25) is 4.79 Å². The van der Waals surface area contributed by atoms with Gasteiger partial charge in [0.25, 0.3) is 0 Å². The molecule has 0 aliphatic carbocycles. The van der Waals surface area contributed by atoms with Crippen molar-refractivity contribution in [3.63, 3.8) is 0 Å². The first-order valence-corrected chi connectivity index (χ1v) is 9.66. The number of hydrogen-bond acceptors (Lipinski definition) is 4. The minimum absolute atomic E-state index is 0.0515. The number of anilines is 3. The molecule has 0 radical (unpaired) electrons. The third kappa shape index (κ3) is 4.80. The van der Waals surface area contributed by atoms with Gasteiger partial charge in [-0.15, -0.1) is 0 Å². The fraction of sp³-hybridized carbons (Fsp3) is 0.364. The Bertz CT molecular complexity index is 889. The number of nitrogens with zero attached hydrogens (tertiary/aromatic N) is 1. The maximum Gasteiger partial charge on any atom is 0.323 e. The van der Waals surface area contributed by atoms with E-state index in [9.17, 15) is 9.59 Å². The van der Waals surface area contributed by atoms with Gasteiger partial charge in [0, 0.05) is 47.7 Å². The number of fused-ring (bicyclic) bond motifs is 1. The lowest BCUT2D eigenvalue weighted by molar-refractivity contribution is -0.121. The minimum Gasteiger partial charge on any atom is -0.497 e. The number of carbonyl (C=O) groups is 2. The summed E-state index contributed by atoms with van der Waals surface area (Å²) in [6.07, 6.45) is 1.78. The summed E-state index contributed by atoms with van der Waals surface area (Å²) >= 11 is 0. The first kappa shape index (κ1) is 20.5. The summed E-state index contributed by atoms with van der Waals surface area (Å²) in [5.41, 5.74) is 3.23. The van der Waals surface area contributed by atoms with Gasteiger partial charge < -0.3 is 25.0 Å². The molecule has 7 nitrogen and oxygen atoms in total. The average Bonchev–Trinajstić information content (AvgIpc) is 2.71. The van der Waals surface area contributed by atoms with Gasteiger partial charge in [0.05, 0.1) is 14.2 Å². The van der Waals surface area contributed by atoms with Crippen LogP contribution < -0.4 is 25.0 Å². The van der Waals surface area contributed by atoms with Crippen LogP contribution in [0.15, 0.2) is 36.4 Å². The number of amides is 3. The number of carbonyl (C=O) groups excluding carboxylic acids is 2. The molecule has 0 unspecified atom stereocenters. The standard InChI is InChI=1S/C22H27N3O4/c1-14(2)21(26)25-9-5-6-15-10-16(7-8-20(15)25)23-22(27)24-17-11-18(28-3)13-19(12-17)29-4/h7-8,10-14H,5-6,9H2,1-4H3,(H2,23,24,27). The van der Waals surface area contributed by atoms with Crippen molar-refractivity contribution in [3.8, 4) is 11.5 Å².